The summed E-state index contributed by atoms with van der Waals surface area (Å²) in [5.74, 6) is 0.160. The number of halogens is 1. The van der Waals surface area contributed by atoms with Crippen molar-refractivity contribution >= 4 is 28.8 Å². The second-order valence-electron chi connectivity index (χ2n) is 3.43. The quantitative estimate of drug-likeness (QED) is 0.385. The Morgan fingerprint density at radius 2 is 1.89 bits per heavy atom. The maximum absolute atomic E-state index is 10.8. The summed E-state index contributed by atoms with van der Waals surface area (Å²) in [5, 5.41) is 22.9. The van der Waals surface area contributed by atoms with E-state index in [2.05, 4.69) is 10.3 Å². The number of nitro groups is 1. The van der Waals surface area contributed by atoms with E-state index in [9.17, 15) is 10.1 Å². The molecule has 0 radical (unpaired) electrons. The van der Waals surface area contributed by atoms with E-state index in [0.717, 1.165) is 0 Å². The zero-order chi connectivity index (χ0) is 13.1. The molecule has 2 rings (SSSR count). The Hall–Kier alpha value is -2.34. The van der Waals surface area contributed by atoms with Crippen LogP contribution in [0.4, 0.5) is 17.2 Å². The summed E-state index contributed by atoms with van der Waals surface area (Å²) in [6.07, 6.45) is 0. The molecule has 6 nitrogen and oxygen atoms in total. The molecule has 1 aromatic heterocycles. The SMILES string of the molecule is O=[N+]([O-])c1ccc(Cl)nc1Nc1ccc(O)cc1. The Labute approximate surface area is 107 Å². The zero-order valence-corrected chi connectivity index (χ0v) is 9.76. The molecule has 0 saturated heterocycles. The van der Waals surface area contributed by atoms with Gasteiger partial charge in [0.15, 0.2) is 0 Å². The fourth-order valence-corrected chi connectivity index (χ4v) is 1.50. The minimum atomic E-state index is -0.550. The van der Waals surface area contributed by atoms with Gasteiger partial charge in [-0.2, -0.15) is 0 Å². The number of phenolic OH excluding ortho intramolecular Hbond substituents is 1. The van der Waals surface area contributed by atoms with Crippen molar-refractivity contribution in [3.05, 3.63) is 51.7 Å². The lowest BCUT2D eigenvalue weighted by molar-refractivity contribution is -0.384. The monoisotopic (exact) mass is 265 g/mol. The van der Waals surface area contributed by atoms with Gasteiger partial charge in [0.25, 0.3) is 0 Å². The predicted octanol–water partition coefficient (Wildman–Crippen LogP) is 3.09. The number of hydrogen-bond donors (Lipinski definition) is 2. The number of nitrogens with one attached hydrogen (secondary N) is 1. The van der Waals surface area contributed by atoms with E-state index in [-0.39, 0.29) is 22.4 Å². The van der Waals surface area contributed by atoms with E-state index in [1.807, 2.05) is 0 Å². The molecule has 0 aliphatic heterocycles. The van der Waals surface area contributed by atoms with Crippen LogP contribution in [-0.2, 0) is 0 Å². The molecule has 0 bridgehead atoms. The van der Waals surface area contributed by atoms with E-state index in [0.29, 0.717) is 5.69 Å². The van der Waals surface area contributed by atoms with Crippen LogP contribution < -0.4 is 5.32 Å². The van der Waals surface area contributed by atoms with Gasteiger partial charge in [-0.1, -0.05) is 11.6 Å². The number of benzene rings is 1. The van der Waals surface area contributed by atoms with Gasteiger partial charge in [-0.15, -0.1) is 0 Å². The van der Waals surface area contributed by atoms with Gasteiger partial charge in [0.2, 0.25) is 5.82 Å². The van der Waals surface area contributed by atoms with Crippen molar-refractivity contribution in [3.63, 3.8) is 0 Å². The maximum Gasteiger partial charge on any atom is 0.311 e. The minimum absolute atomic E-state index is 0.0539. The Balaban J connectivity index is 2.35. The first-order valence-electron chi connectivity index (χ1n) is 4.93. The molecule has 0 fully saturated rings. The lowest BCUT2D eigenvalue weighted by Crippen LogP contribution is -1.99. The first kappa shape index (κ1) is 12.1. The third-order valence-electron chi connectivity index (χ3n) is 2.17. The molecular formula is C11H8ClN3O3. The first-order chi connectivity index (χ1) is 8.56. The molecule has 2 aromatic rings. The fourth-order valence-electron chi connectivity index (χ4n) is 1.35. The summed E-state index contributed by atoms with van der Waals surface area (Å²) in [7, 11) is 0. The van der Waals surface area contributed by atoms with Crippen LogP contribution in [-0.4, -0.2) is 15.0 Å². The topological polar surface area (TPSA) is 88.3 Å². The van der Waals surface area contributed by atoms with Crippen molar-refractivity contribution < 1.29 is 10.0 Å². The van der Waals surface area contributed by atoms with E-state index in [1.54, 1.807) is 12.1 Å². The lowest BCUT2D eigenvalue weighted by Gasteiger charge is -2.06. The lowest BCUT2D eigenvalue weighted by atomic mass is 10.3. The van der Waals surface area contributed by atoms with Crippen LogP contribution in [0.1, 0.15) is 0 Å². The summed E-state index contributed by atoms with van der Waals surface area (Å²) >= 11 is 5.70. The molecular weight excluding hydrogens is 258 g/mol. The van der Waals surface area contributed by atoms with Crippen LogP contribution in [0.15, 0.2) is 36.4 Å². The molecule has 0 atom stereocenters. The summed E-state index contributed by atoms with van der Waals surface area (Å²) < 4.78 is 0. The molecule has 92 valence electrons. The molecule has 1 heterocycles. The Morgan fingerprint density at radius 1 is 1.22 bits per heavy atom. The van der Waals surface area contributed by atoms with Crippen molar-refractivity contribution in [3.8, 4) is 5.75 Å². The van der Waals surface area contributed by atoms with Crippen LogP contribution >= 0.6 is 11.6 Å². The van der Waals surface area contributed by atoms with Gasteiger partial charge in [-0.25, -0.2) is 4.98 Å². The molecule has 0 saturated carbocycles. The van der Waals surface area contributed by atoms with Crippen LogP contribution in [0.25, 0.3) is 0 Å². The molecule has 7 heteroatoms. The number of hydrogen-bond acceptors (Lipinski definition) is 5. The highest BCUT2D eigenvalue weighted by Gasteiger charge is 2.15. The van der Waals surface area contributed by atoms with Gasteiger partial charge in [-0.3, -0.25) is 10.1 Å². The van der Waals surface area contributed by atoms with Gasteiger partial charge < -0.3 is 10.4 Å². The third kappa shape index (κ3) is 2.67. The average Bonchev–Trinajstić information content (AvgIpc) is 2.32. The molecule has 18 heavy (non-hydrogen) atoms. The highest BCUT2D eigenvalue weighted by atomic mass is 35.5. The number of pyridine rings is 1. The number of aromatic nitrogens is 1. The van der Waals surface area contributed by atoms with E-state index in [1.165, 1.54) is 24.3 Å². The van der Waals surface area contributed by atoms with Crippen LogP contribution in [0.2, 0.25) is 5.15 Å². The van der Waals surface area contributed by atoms with E-state index < -0.39 is 4.92 Å². The predicted molar refractivity (Wildman–Crippen MR) is 67.3 cm³/mol. The number of anilines is 2. The minimum Gasteiger partial charge on any atom is -0.508 e. The molecule has 2 N–H and O–H groups in total. The van der Waals surface area contributed by atoms with Crippen molar-refractivity contribution in [2.75, 3.05) is 5.32 Å². The molecule has 0 unspecified atom stereocenters. The number of phenols is 1. The summed E-state index contributed by atoms with van der Waals surface area (Å²) in [5.41, 5.74) is 0.387. The van der Waals surface area contributed by atoms with E-state index in [4.69, 9.17) is 16.7 Å². The van der Waals surface area contributed by atoms with Gasteiger partial charge >= 0.3 is 5.69 Å². The molecule has 0 aliphatic carbocycles. The highest BCUT2D eigenvalue weighted by molar-refractivity contribution is 6.29. The summed E-state index contributed by atoms with van der Waals surface area (Å²) in [6.45, 7) is 0. The largest absolute Gasteiger partial charge is 0.508 e. The van der Waals surface area contributed by atoms with Gasteiger partial charge in [0, 0.05) is 11.8 Å². The summed E-state index contributed by atoms with van der Waals surface area (Å²) in [6, 6.07) is 8.68. The second kappa shape index (κ2) is 4.89. The van der Waals surface area contributed by atoms with Crippen molar-refractivity contribution in [1.82, 2.24) is 4.98 Å². The Kier molecular flexibility index (Phi) is 3.29. The Bertz CT molecular complexity index is 587. The maximum atomic E-state index is 10.8. The number of nitrogens with zero attached hydrogens (tertiary/aromatic N) is 2. The third-order valence-corrected chi connectivity index (χ3v) is 2.38. The van der Waals surface area contributed by atoms with Crippen molar-refractivity contribution in [2.45, 2.75) is 0 Å². The smallest absolute Gasteiger partial charge is 0.311 e. The Morgan fingerprint density at radius 3 is 2.50 bits per heavy atom. The normalized spacial score (nSPS) is 10.1. The molecule has 0 spiro atoms. The molecule has 0 aliphatic rings. The molecule has 0 amide bonds. The average molecular weight is 266 g/mol. The van der Waals surface area contributed by atoms with Crippen LogP contribution in [0.5, 0.6) is 5.75 Å². The fraction of sp³-hybridized carbons (Fsp3) is 0. The van der Waals surface area contributed by atoms with Gasteiger partial charge in [0.1, 0.15) is 10.9 Å². The van der Waals surface area contributed by atoms with Crippen LogP contribution in [0.3, 0.4) is 0 Å². The van der Waals surface area contributed by atoms with Crippen molar-refractivity contribution in [1.29, 1.82) is 0 Å². The number of aromatic hydroxyl groups is 1. The number of rotatable bonds is 3. The summed E-state index contributed by atoms with van der Waals surface area (Å²) in [4.78, 5) is 14.1. The standard InChI is InChI=1S/C11H8ClN3O3/c12-10-6-5-9(15(17)18)11(14-10)13-7-1-3-8(16)4-2-7/h1-6,16H,(H,13,14). The second-order valence-corrected chi connectivity index (χ2v) is 3.82. The van der Waals surface area contributed by atoms with Crippen molar-refractivity contribution in [2.24, 2.45) is 0 Å². The zero-order valence-electron chi connectivity index (χ0n) is 9.00. The van der Waals surface area contributed by atoms with Gasteiger partial charge in [-0.05, 0) is 30.3 Å². The van der Waals surface area contributed by atoms with Crippen LogP contribution in [0, 0.1) is 10.1 Å². The molecule has 1 aromatic carbocycles. The first-order valence-corrected chi connectivity index (χ1v) is 5.31. The van der Waals surface area contributed by atoms with Gasteiger partial charge in [0.05, 0.1) is 4.92 Å². The van der Waals surface area contributed by atoms with E-state index >= 15 is 0 Å². The highest BCUT2D eigenvalue weighted by Crippen LogP contribution is 2.27.